The van der Waals surface area contributed by atoms with Crippen LogP contribution in [0, 0.1) is 10.1 Å². The van der Waals surface area contributed by atoms with Crippen LogP contribution in [-0.2, 0) is 4.74 Å². The smallest absolute Gasteiger partial charge is 0.411 e. The summed E-state index contributed by atoms with van der Waals surface area (Å²) in [4.78, 5) is 21.6. The zero-order chi connectivity index (χ0) is 15.8. The third kappa shape index (κ3) is 5.24. The zero-order valence-corrected chi connectivity index (χ0v) is 11.4. The van der Waals surface area contributed by atoms with Crippen molar-refractivity contribution in [1.82, 2.24) is 0 Å². The monoisotopic (exact) mass is 299 g/mol. The maximum atomic E-state index is 11.3. The normalized spacial score (nSPS) is 11.6. The molecule has 116 valence electrons. The molecule has 21 heavy (non-hydrogen) atoms. The molecular formula is C12H17N3O6. The molecule has 0 saturated heterocycles. The van der Waals surface area contributed by atoms with E-state index in [0.29, 0.717) is 0 Å². The van der Waals surface area contributed by atoms with E-state index in [1.807, 2.05) is 0 Å². The SMILES string of the molecule is CCOC(=O)Nc1ccc(NCC(O)CO)c([N+](=O)[O-])c1. The molecule has 0 heterocycles. The van der Waals surface area contributed by atoms with Crippen molar-refractivity contribution < 1.29 is 24.7 Å². The molecule has 1 atom stereocenters. The van der Waals surface area contributed by atoms with Crippen LogP contribution in [-0.4, -0.2) is 47.1 Å². The number of benzene rings is 1. The number of hydrogen-bond donors (Lipinski definition) is 4. The lowest BCUT2D eigenvalue weighted by Crippen LogP contribution is -2.23. The Morgan fingerprint density at radius 1 is 1.52 bits per heavy atom. The van der Waals surface area contributed by atoms with Gasteiger partial charge in [-0.1, -0.05) is 0 Å². The van der Waals surface area contributed by atoms with Crippen LogP contribution in [0.5, 0.6) is 0 Å². The molecule has 0 fully saturated rings. The topological polar surface area (TPSA) is 134 Å². The number of carbonyl (C=O) groups excluding carboxylic acids is 1. The van der Waals surface area contributed by atoms with Gasteiger partial charge in [0.2, 0.25) is 0 Å². The van der Waals surface area contributed by atoms with Crippen LogP contribution >= 0.6 is 0 Å². The highest BCUT2D eigenvalue weighted by molar-refractivity contribution is 5.86. The predicted molar refractivity (Wildman–Crippen MR) is 75.3 cm³/mol. The fourth-order valence-corrected chi connectivity index (χ4v) is 1.49. The minimum absolute atomic E-state index is 0.0397. The van der Waals surface area contributed by atoms with E-state index in [1.54, 1.807) is 6.92 Å². The molecule has 1 aromatic rings. The van der Waals surface area contributed by atoms with Crippen LogP contribution in [0.4, 0.5) is 21.9 Å². The van der Waals surface area contributed by atoms with Gasteiger partial charge in [0.25, 0.3) is 5.69 Å². The molecular weight excluding hydrogens is 282 g/mol. The van der Waals surface area contributed by atoms with Gasteiger partial charge in [0.15, 0.2) is 0 Å². The number of hydrogen-bond acceptors (Lipinski definition) is 7. The molecule has 0 aliphatic carbocycles. The Bertz CT molecular complexity index is 508. The van der Waals surface area contributed by atoms with Crippen molar-refractivity contribution in [3.05, 3.63) is 28.3 Å². The number of ether oxygens (including phenoxy) is 1. The van der Waals surface area contributed by atoms with Gasteiger partial charge in [-0.25, -0.2) is 4.79 Å². The molecule has 0 aliphatic heterocycles. The highest BCUT2D eigenvalue weighted by Crippen LogP contribution is 2.27. The maximum absolute atomic E-state index is 11.3. The molecule has 0 aliphatic rings. The average Bonchev–Trinajstić information content (AvgIpc) is 2.45. The third-order valence-electron chi connectivity index (χ3n) is 2.46. The number of rotatable bonds is 7. The van der Waals surface area contributed by atoms with E-state index >= 15 is 0 Å². The highest BCUT2D eigenvalue weighted by atomic mass is 16.6. The molecule has 1 unspecified atom stereocenters. The van der Waals surface area contributed by atoms with Gasteiger partial charge in [-0.05, 0) is 19.1 Å². The van der Waals surface area contributed by atoms with Crippen molar-refractivity contribution in [2.45, 2.75) is 13.0 Å². The van der Waals surface area contributed by atoms with Gasteiger partial charge < -0.3 is 20.3 Å². The van der Waals surface area contributed by atoms with E-state index in [-0.39, 0.29) is 30.2 Å². The molecule has 1 rings (SSSR count). The summed E-state index contributed by atoms with van der Waals surface area (Å²) in [7, 11) is 0. The Morgan fingerprint density at radius 2 is 2.24 bits per heavy atom. The lowest BCUT2D eigenvalue weighted by molar-refractivity contribution is -0.383. The van der Waals surface area contributed by atoms with Crippen LogP contribution in [0.15, 0.2) is 18.2 Å². The fraction of sp³-hybridized carbons (Fsp3) is 0.417. The van der Waals surface area contributed by atoms with Gasteiger partial charge in [-0.3, -0.25) is 15.4 Å². The van der Waals surface area contributed by atoms with Crippen molar-refractivity contribution in [1.29, 1.82) is 0 Å². The van der Waals surface area contributed by atoms with Gasteiger partial charge in [-0.2, -0.15) is 0 Å². The second kappa shape index (κ2) is 8.02. The maximum Gasteiger partial charge on any atom is 0.411 e. The van der Waals surface area contributed by atoms with Crippen LogP contribution < -0.4 is 10.6 Å². The van der Waals surface area contributed by atoms with Crippen molar-refractivity contribution in [2.75, 3.05) is 30.4 Å². The van der Waals surface area contributed by atoms with E-state index in [0.717, 1.165) is 0 Å². The first-order chi connectivity index (χ1) is 9.97. The van der Waals surface area contributed by atoms with E-state index in [2.05, 4.69) is 15.4 Å². The number of amides is 1. The first-order valence-corrected chi connectivity index (χ1v) is 6.23. The number of aliphatic hydroxyl groups excluding tert-OH is 2. The van der Waals surface area contributed by atoms with Gasteiger partial charge in [0, 0.05) is 12.6 Å². The Kier molecular flexibility index (Phi) is 6.37. The minimum Gasteiger partial charge on any atom is -0.450 e. The van der Waals surface area contributed by atoms with E-state index < -0.39 is 23.7 Å². The predicted octanol–water partition coefficient (Wildman–Crippen LogP) is 0.928. The number of aliphatic hydroxyl groups is 2. The van der Waals surface area contributed by atoms with Crippen molar-refractivity contribution >= 4 is 23.2 Å². The Hall–Kier alpha value is -2.39. The summed E-state index contributed by atoms with van der Waals surface area (Å²) in [6, 6.07) is 4.02. The summed E-state index contributed by atoms with van der Waals surface area (Å²) in [5.74, 6) is 0. The van der Waals surface area contributed by atoms with Crippen molar-refractivity contribution in [3.8, 4) is 0 Å². The second-order valence-corrected chi connectivity index (χ2v) is 4.05. The van der Waals surface area contributed by atoms with Crippen LogP contribution in [0.2, 0.25) is 0 Å². The van der Waals surface area contributed by atoms with Gasteiger partial charge in [0.1, 0.15) is 5.69 Å². The molecule has 0 bridgehead atoms. The number of nitro benzene ring substituents is 1. The van der Waals surface area contributed by atoms with Gasteiger partial charge >= 0.3 is 6.09 Å². The van der Waals surface area contributed by atoms with E-state index in [4.69, 9.17) is 5.11 Å². The summed E-state index contributed by atoms with van der Waals surface area (Å²) in [6.45, 7) is 1.33. The summed E-state index contributed by atoms with van der Waals surface area (Å²) in [5, 5.41) is 33.9. The number of nitrogens with one attached hydrogen (secondary N) is 2. The van der Waals surface area contributed by atoms with Crippen LogP contribution in [0.1, 0.15) is 6.92 Å². The molecule has 9 nitrogen and oxygen atoms in total. The quantitative estimate of drug-likeness (QED) is 0.434. The third-order valence-corrected chi connectivity index (χ3v) is 2.46. The van der Waals surface area contributed by atoms with Crippen LogP contribution in [0.3, 0.4) is 0 Å². The number of nitrogens with zero attached hydrogens (tertiary/aromatic N) is 1. The fourth-order valence-electron chi connectivity index (χ4n) is 1.49. The molecule has 0 spiro atoms. The lowest BCUT2D eigenvalue weighted by atomic mass is 10.2. The molecule has 1 aromatic carbocycles. The lowest BCUT2D eigenvalue weighted by Gasteiger charge is -2.11. The summed E-state index contributed by atoms with van der Waals surface area (Å²) >= 11 is 0. The minimum atomic E-state index is -1.03. The average molecular weight is 299 g/mol. The summed E-state index contributed by atoms with van der Waals surface area (Å²) in [5.41, 5.74) is 0.116. The Morgan fingerprint density at radius 3 is 2.81 bits per heavy atom. The molecule has 4 N–H and O–H groups in total. The molecule has 9 heteroatoms. The summed E-state index contributed by atoms with van der Waals surface area (Å²) < 4.78 is 4.67. The molecule has 0 aromatic heterocycles. The Labute approximate surface area is 120 Å². The molecule has 0 radical (unpaired) electrons. The highest BCUT2D eigenvalue weighted by Gasteiger charge is 2.16. The number of carbonyl (C=O) groups is 1. The largest absolute Gasteiger partial charge is 0.450 e. The molecule has 1 amide bonds. The van der Waals surface area contributed by atoms with Crippen LogP contribution in [0.25, 0.3) is 0 Å². The van der Waals surface area contributed by atoms with E-state index in [9.17, 15) is 20.0 Å². The second-order valence-electron chi connectivity index (χ2n) is 4.05. The van der Waals surface area contributed by atoms with Crippen molar-refractivity contribution in [2.24, 2.45) is 0 Å². The first-order valence-electron chi connectivity index (χ1n) is 6.23. The number of nitro groups is 1. The standard InChI is InChI=1S/C12H17N3O6/c1-2-21-12(18)14-8-3-4-10(11(5-8)15(19)20)13-6-9(17)7-16/h3-5,9,13,16-17H,2,6-7H2,1H3,(H,14,18). The zero-order valence-electron chi connectivity index (χ0n) is 11.4. The van der Waals surface area contributed by atoms with E-state index in [1.165, 1.54) is 18.2 Å². The van der Waals surface area contributed by atoms with Gasteiger partial charge in [0.05, 0.1) is 29.9 Å². The number of anilines is 2. The summed E-state index contributed by atoms with van der Waals surface area (Å²) in [6.07, 6.45) is -1.73. The first kappa shape index (κ1) is 16.7. The molecule has 0 saturated carbocycles. The van der Waals surface area contributed by atoms with Crippen molar-refractivity contribution in [3.63, 3.8) is 0 Å². The van der Waals surface area contributed by atoms with Gasteiger partial charge in [-0.15, -0.1) is 0 Å². The Balaban J connectivity index is 2.86.